The molecule has 0 aliphatic carbocycles. The Labute approximate surface area is 141 Å². The van der Waals surface area contributed by atoms with E-state index in [4.69, 9.17) is 4.74 Å². The van der Waals surface area contributed by atoms with Crippen molar-refractivity contribution in [3.8, 4) is 0 Å². The van der Waals surface area contributed by atoms with E-state index in [0.29, 0.717) is 18.8 Å². The van der Waals surface area contributed by atoms with E-state index < -0.39 is 23.1 Å². The van der Waals surface area contributed by atoms with E-state index in [-0.39, 0.29) is 12.5 Å². The molecular weight excluding hydrogens is 294 g/mol. The SMILES string of the molecule is CCCC(C)CC(CNC(=O)OC(C)(C)C)(CC(C)C)C(=O)O. The highest BCUT2D eigenvalue weighted by atomic mass is 16.6. The number of aliphatic carboxylic acids is 1. The van der Waals surface area contributed by atoms with Crippen LogP contribution in [0.5, 0.6) is 0 Å². The molecule has 0 heterocycles. The number of alkyl carbamates (subject to hydrolysis) is 1. The van der Waals surface area contributed by atoms with Gasteiger partial charge < -0.3 is 15.2 Å². The zero-order valence-electron chi connectivity index (χ0n) is 15.9. The molecule has 2 unspecified atom stereocenters. The van der Waals surface area contributed by atoms with Gasteiger partial charge in [0.15, 0.2) is 0 Å². The molecule has 0 aliphatic heterocycles. The lowest BCUT2D eigenvalue weighted by molar-refractivity contribution is -0.151. The van der Waals surface area contributed by atoms with Gasteiger partial charge >= 0.3 is 12.1 Å². The fourth-order valence-electron chi connectivity index (χ4n) is 3.08. The van der Waals surface area contributed by atoms with Crippen molar-refractivity contribution in [1.29, 1.82) is 0 Å². The Balaban J connectivity index is 5.09. The second-order valence-corrected chi connectivity index (χ2v) is 8.14. The van der Waals surface area contributed by atoms with E-state index in [2.05, 4.69) is 19.2 Å². The number of carbonyl (C=O) groups is 2. The van der Waals surface area contributed by atoms with Crippen molar-refractivity contribution in [3.05, 3.63) is 0 Å². The molecule has 0 saturated heterocycles. The van der Waals surface area contributed by atoms with E-state index >= 15 is 0 Å². The quantitative estimate of drug-likeness (QED) is 0.655. The van der Waals surface area contributed by atoms with Gasteiger partial charge in [-0.05, 0) is 45.4 Å². The van der Waals surface area contributed by atoms with E-state index in [1.165, 1.54) is 0 Å². The molecule has 0 fully saturated rings. The molecule has 0 bridgehead atoms. The van der Waals surface area contributed by atoms with Crippen molar-refractivity contribution in [3.63, 3.8) is 0 Å². The lowest BCUT2D eigenvalue weighted by atomic mass is 9.73. The monoisotopic (exact) mass is 329 g/mol. The number of hydrogen-bond acceptors (Lipinski definition) is 3. The highest BCUT2D eigenvalue weighted by molar-refractivity contribution is 5.76. The average Bonchev–Trinajstić information content (AvgIpc) is 2.33. The number of amides is 1. The average molecular weight is 329 g/mol. The maximum atomic E-state index is 12.0. The largest absolute Gasteiger partial charge is 0.481 e. The van der Waals surface area contributed by atoms with Gasteiger partial charge in [-0.3, -0.25) is 4.79 Å². The summed E-state index contributed by atoms with van der Waals surface area (Å²) in [6.45, 7) is 13.7. The summed E-state index contributed by atoms with van der Waals surface area (Å²) in [5.74, 6) is -0.305. The first-order chi connectivity index (χ1) is 10.4. The van der Waals surface area contributed by atoms with Gasteiger partial charge in [0.2, 0.25) is 0 Å². The van der Waals surface area contributed by atoms with Gasteiger partial charge in [-0.2, -0.15) is 0 Å². The van der Waals surface area contributed by atoms with Crippen LogP contribution in [0, 0.1) is 17.3 Å². The molecule has 0 aromatic rings. The molecule has 0 aromatic heterocycles. The molecule has 5 nitrogen and oxygen atoms in total. The van der Waals surface area contributed by atoms with E-state index in [0.717, 1.165) is 12.8 Å². The summed E-state index contributed by atoms with van der Waals surface area (Å²) in [4.78, 5) is 23.9. The first-order valence-electron chi connectivity index (χ1n) is 8.62. The van der Waals surface area contributed by atoms with Crippen molar-refractivity contribution in [2.24, 2.45) is 17.3 Å². The molecule has 0 spiro atoms. The van der Waals surface area contributed by atoms with Crippen molar-refractivity contribution >= 4 is 12.1 Å². The minimum atomic E-state index is -0.945. The van der Waals surface area contributed by atoms with Crippen LogP contribution < -0.4 is 5.32 Å². The molecule has 136 valence electrons. The number of rotatable bonds is 9. The highest BCUT2D eigenvalue weighted by Crippen LogP contribution is 2.35. The third-order valence-corrected chi connectivity index (χ3v) is 3.74. The van der Waals surface area contributed by atoms with Crippen molar-refractivity contribution in [2.75, 3.05) is 6.54 Å². The molecule has 0 radical (unpaired) electrons. The van der Waals surface area contributed by atoms with Crippen LogP contribution in [-0.4, -0.2) is 29.3 Å². The Bertz CT molecular complexity index is 387. The highest BCUT2D eigenvalue weighted by Gasteiger charge is 2.40. The predicted molar refractivity (Wildman–Crippen MR) is 92.4 cm³/mol. The zero-order valence-corrected chi connectivity index (χ0v) is 15.9. The minimum Gasteiger partial charge on any atom is -0.481 e. The molecule has 0 rings (SSSR count). The fraction of sp³-hybridized carbons (Fsp3) is 0.889. The summed E-state index contributed by atoms with van der Waals surface area (Å²) >= 11 is 0. The Morgan fingerprint density at radius 2 is 1.70 bits per heavy atom. The molecule has 2 atom stereocenters. The smallest absolute Gasteiger partial charge is 0.407 e. The van der Waals surface area contributed by atoms with Crippen LogP contribution in [0.3, 0.4) is 0 Å². The van der Waals surface area contributed by atoms with Crippen molar-refractivity contribution in [1.82, 2.24) is 5.32 Å². The van der Waals surface area contributed by atoms with Gasteiger partial charge in [0.05, 0.1) is 5.41 Å². The Morgan fingerprint density at radius 3 is 2.09 bits per heavy atom. The van der Waals surface area contributed by atoms with Crippen LogP contribution in [0.15, 0.2) is 0 Å². The van der Waals surface area contributed by atoms with Crippen molar-refractivity contribution in [2.45, 2.75) is 79.8 Å². The molecule has 1 amide bonds. The second kappa shape index (κ2) is 9.14. The number of hydrogen-bond donors (Lipinski definition) is 2. The fourth-order valence-corrected chi connectivity index (χ4v) is 3.08. The molecule has 0 aliphatic rings. The Kier molecular flexibility index (Phi) is 8.64. The van der Waals surface area contributed by atoms with Gasteiger partial charge in [-0.15, -0.1) is 0 Å². The normalized spacial score (nSPS) is 15.8. The van der Waals surface area contributed by atoms with Crippen LogP contribution in [0.1, 0.15) is 74.1 Å². The Hall–Kier alpha value is -1.26. The maximum absolute atomic E-state index is 12.0. The summed E-state index contributed by atoms with van der Waals surface area (Å²) in [6, 6.07) is 0. The van der Waals surface area contributed by atoms with Gasteiger partial charge in [0.1, 0.15) is 5.60 Å². The standard InChI is InChI=1S/C18H35NO4/c1-8-9-14(4)11-18(15(20)21,10-13(2)3)12-19-16(22)23-17(5,6)7/h13-14H,8-12H2,1-7H3,(H,19,22)(H,20,21). The van der Waals surface area contributed by atoms with Gasteiger partial charge in [0, 0.05) is 6.54 Å². The van der Waals surface area contributed by atoms with Gasteiger partial charge in [-0.1, -0.05) is 40.5 Å². The summed E-state index contributed by atoms with van der Waals surface area (Å²) in [6.07, 6.45) is 2.54. The minimum absolute atomic E-state index is 0.101. The molecular formula is C18H35NO4. The molecule has 0 aromatic carbocycles. The zero-order chi connectivity index (χ0) is 18.3. The number of carboxylic acid groups (broad SMARTS) is 1. The summed E-state index contributed by atoms with van der Waals surface area (Å²) in [5, 5.41) is 12.5. The first-order valence-corrected chi connectivity index (χ1v) is 8.62. The maximum Gasteiger partial charge on any atom is 0.407 e. The van der Waals surface area contributed by atoms with Crippen LogP contribution in [0.4, 0.5) is 4.79 Å². The van der Waals surface area contributed by atoms with Gasteiger partial charge in [0.25, 0.3) is 0 Å². The van der Waals surface area contributed by atoms with E-state index in [9.17, 15) is 14.7 Å². The summed E-state index contributed by atoms with van der Waals surface area (Å²) in [5.41, 5.74) is -1.54. The topological polar surface area (TPSA) is 75.6 Å². The lowest BCUT2D eigenvalue weighted by Gasteiger charge is -2.34. The number of ether oxygens (including phenoxy) is 1. The van der Waals surface area contributed by atoms with Crippen LogP contribution in [0.25, 0.3) is 0 Å². The summed E-state index contributed by atoms with van der Waals surface area (Å²) < 4.78 is 5.23. The molecule has 2 N–H and O–H groups in total. The lowest BCUT2D eigenvalue weighted by Crippen LogP contribution is -2.46. The van der Waals surface area contributed by atoms with E-state index in [1.807, 2.05) is 13.8 Å². The number of carboxylic acids is 1. The third-order valence-electron chi connectivity index (χ3n) is 3.74. The predicted octanol–water partition coefficient (Wildman–Crippen LogP) is 4.45. The second-order valence-electron chi connectivity index (χ2n) is 8.14. The molecule has 5 heteroatoms. The van der Waals surface area contributed by atoms with Crippen LogP contribution in [0.2, 0.25) is 0 Å². The first kappa shape index (κ1) is 21.7. The van der Waals surface area contributed by atoms with E-state index in [1.54, 1.807) is 20.8 Å². The number of nitrogens with one attached hydrogen (secondary N) is 1. The molecule has 23 heavy (non-hydrogen) atoms. The number of carbonyl (C=O) groups excluding carboxylic acids is 1. The summed E-state index contributed by atoms with van der Waals surface area (Å²) in [7, 11) is 0. The van der Waals surface area contributed by atoms with Crippen LogP contribution >= 0.6 is 0 Å². The van der Waals surface area contributed by atoms with Crippen LogP contribution in [-0.2, 0) is 9.53 Å². The van der Waals surface area contributed by atoms with Gasteiger partial charge in [-0.25, -0.2) is 4.79 Å². The van der Waals surface area contributed by atoms with Crippen molar-refractivity contribution < 1.29 is 19.4 Å². The molecule has 0 saturated carbocycles. The Morgan fingerprint density at radius 1 is 1.13 bits per heavy atom. The third kappa shape index (κ3) is 8.82.